The number of hydrogen-bond donors (Lipinski definition) is 1. The number of carbonyl (C=O) groups excluding carboxylic acids is 1. The van der Waals surface area contributed by atoms with Crippen molar-refractivity contribution in [3.8, 4) is 0 Å². The first-order valence-corrected chi connectivity index (χ1v) is 5.69. The molecular weight excluding hydrogens is 238 g/mol. The average molecular weight is 250 g/mol. The summed E-state index contributed by atoms with van der Waals surface area (Å²) in [5, 5.41) is 3.44. The van der Waals surface area contributed by atoms with E-state index in [1.54, 1.807) is 30.5 Å². The summed E-state index contributed by atoms with van der Waals surface area (Å²) in [6.45, 7) is 0.551. The van der Waals surface area contributed by atoms with Crippen molar-refractivity contribution in [1.82, 2.24) is 5.32 Å². The Morgan fingerprint density at radius 1 is 1.24 bits per heavy atom. The fraction of sp³-hybridized carbons (Fsp3) is 0.154. The molecule has 1 heterocycles. The number of benzene rings is 1. The zero-order valence-corrected chi connectivity index (χ0v) is 9.91. The van der Waals surface area contributed by atoms with Crippen molar-refractivity contribution in [3.05, 3.63) is 59.0 Å². The van der Waals surface area contributed by atoms with Crippen LogP contribution < -0.4 is 5.32 Å². The molecule has 3 nitrogen and oxygen atoms in total. The topological polar surface area (TPSA) is 42.2 Å². The van der Waals surface area contributed by atoms with Gasteiger partial charge in [0.1, 0.15) is 5.76 Å². The highest BCUT2D eigenvalue weighted by Crippen LogP contribution is 2.09. The van der Waals surface area contributed by atoms with E-state index >= 15 is 0 Å². The summed E-state index contributed by atoms with van der Waals surface area (Å²) in [6.07, 6.45) is 2.31. The third-order valence-electron chi connectivity index (χ3n) is 2.34. The number of amides is 1. The third kappa shape index (κ3) is 3.36. The van der Waals surface area contributed by atoms with Crippen LogP contribution in [0.2, 0.25) is 5.02 Å². The average Bonchev–Trinajstić information content (AvgIpc) is 2.83. The highest BCUT2D eigenvalue weighted by atomic mass is 35.5. The SMILES string of the molecule is O=C(NCCc1ccco1)c1ccc(Cl)cc1. The Kier molecular flexibility index (Phi) is 3.83. The van der Waals surface area contributed by atoms with Crippen LogP contribution in [0.15, 0.2) is 47.1 Å². The molecule has 0 radical (unpaired) electrons. The van der Waals surface area contributed by atoms with Gasteiger partial charge >= 0.3 is 0 Å². The van der Waals surface area contributed by atoms with Gasteiger partial charge in [-0.1, -0.05) is 11.6 Å². The Bertz CT molecular complexity index is 477. The van der Waals surface area contributed by atoms with Crippen molar-refractivity contribution in [2.24, 2.45) is 0 Å². The second-order valence-electron chi connectivity index (χ2n) is 3.59. The van der Waals surface area contributed by atoms with Crippen molar-refractivity contribution in [2.75, 3.05) is 6.54 Å². The van der Waals surface area contributed by atoms with E-state index in [9.17, 15) is 4.79 Å². The van der Waals surface area contributed by atoms with E-state index in [4.69, 9.17) is 16.0 Å². The number of rotatable bonds is 4. The minimum absolute atomic E-state index is 0.103. The number of carbonyl (C=O) groups is 1. The standard InChI is InChI=1S/C13H12ClNO2/c14-11-5-3-10(4-6-11)13(16)15-8-7-12-2-1-9-17-12/h1-6,9H,7-8H2,(H,15,16). The van der Waals surface area contributed by atoms with Gasteiger partial charge in [0.2, 0.25) is 0 Å². The van der Waals surface area contributed by atoms with Crippen LogP contribution in [-0.4, -0.2) is 12.5 Å². The molecule has 0 aliphatic carbocycles. The minimum atomic E-state index is -0.103. The van der Waals surface area contributed by atoms with Gasteiger partial charge in [-0.05, 0) is 36.4 Å². The maximum absolute atomic E-state index is 11.7. The second kappa shape index (κ2) is 5.55. The molecule has 0 aliphatic heterocycles. The zero-order chi connectivity index (χ0) is 12.1. The van der Waals surface area contributed by atoms with E-state index in [-0.39, 0.29) is 5.91 Å². The lowest BCUT2D eigenvalue weighted by atomic mass is 10.2. The highest BCUT2D eigenvalue weighted by molar-refractivity contribution is 6.30. The number of nitrogens with one attached hydrogen (secondary N) is 1. The molecule has 4 heteroatoms. The van der Waals surface area contributed by atoms with E-state index in [1.165, 1.54) is 0 Å². The largest absolute Gasteiger partial charge is 0.469 e. The Labute approximate surface area is 104 Å². The molecule has 0 fully saturated rings. The predicted octanol–water partition coefficient (Wildman–Crippen LogP) is 2.91. The molecule has 17 heavy (non-hydrogen) atoms. The van der Waals surface area contributed by atoms with Crippen LogP contribution in [0.1, 0.15) is 16.1 Å². The van der Waals surface area contributed by atoms with Crippen LogP contribution in [-0.2, 0) is 6.42 Å². The van der Waals surface area contributed by atoms with Crippen molar-refractivity contribution in [2.45, 2.75) is 6.42 Å². The number of hydrogen-bond acceptors (Lipinski definition) is 2. The van der Waals surface area contributed by atoms with Gasteiger partial charge in [0, 0.05) is 23.6 Å². The van der Waals surface area contributed by atoms with Crippen molar-refractivity contribution in [1.29, 1.82) is 0 Å². The van der Waals surface area contributed by atoms with Gasteiger partial charge in [-0.15, -0.1) is 0 Å². The van der Waals surface area contributed by atoms with Crippen molar-refractivity contribution < 1.29 is 9.21 Å². The number of furan rings is 1. The molecule has 0 aliphatic rings. The summed E-state index contributed by atoms with van der Waals surface area (Å²) in [4.78, 5) is 11.7. The first-order valence-electron chi connectivity index (χ1n) is 5.32. The predicted molar refractivity (Wildman–Crippen MR) is 66.2 cm³/mol. The van der Waals surface area contributed by atoms with Crippen molar-refractivity contribution in [3.63, 3.8) is 0 Å². The molecule has 1 aromatic heterocycles. The van der Waals surface area contributed by atoms with Crippen molar-refractivity contribution >= 4 is 17.5 Å². The zero-order valence-electron chi connectivity index (χ0n) is 9.15. The molecule has 2 rings (SSSR count). The quantitative estimate of drug-likeness (QED) is 0.905. The molecule has 88 valence electrons. The highest BCUT2D eigenvalue weighted by Gasteiger charge is 2.04. The molecule has 0 atom stereocenters. The molecule has 1 aromatic carbocycles. The minimum Gasteiger partial charge on any atom is -0.469 e. The summed E-state index contributed by atoms with van der Waals surface area (Å²) in [5.74, 6) is 0.759. The summed E-state index contributed by atoms with van der Waals surface area (Å²) in [7, 11) is 0. The fourth-order valence-corrected chi connectivity index (χ4v) is 1.58. The van der Waals surface area contributed by atoms with Gasteiger partial charge in [0.15, 0.2) is 0 Å². The molecule has 1 N–H and O–H groups in total. The van der Waals surface area contributed by atoms with Crippen LogP contribution >= 0.6 is 11.6 Å². The van der Waals surface area contributed by atoms with Gasteiger partial charge in [-0.25, -0.2) is 0 Å². The van der Waals surface area contributed by atoms with E-state index < -0.39 is 0 Å². The summed E-state index contributed by atoms with van der Waals surface area (Å²) in [6, 6.07) is 10.5. The maximum Gasteiger partial charge on any atom is 0.251 e. The first kappa shape index (κ1) is 11.7. The van der Waals surface area contributed by atoms with Crippen LogP contribution in [0, 0.1) is 0 Å². The van der Waals surface area contributed by atoms with E-state index in [2.05, 4.69) is 5.32 Å². The molecule has 0 spiro atoms. The first-order chi connectivity index (χ1) is 8.25. The smallest absolute Gasteiger partial charge is 0.251 e. The molecule has 2 aromatic rings. The van der Waals surface area contributed by atoms with Gasteiger partial charge in [0.25, 0.3) is 5.91 Å². The fourth-order valence-electron chi connectivity index (χ4n) is 1.46. The van der Waals surface area contributed by atoms with Gasteiger partial charge in [0.05, 0.1) is 6.26 Å². The van der Waals surface area contributed by atoms with Gasteiger partial charge in [-0.2, -0.15) is 0 Å². The lowest BCUT2D eigenvalue weighted by Crippen LogP contribution is -2.25. The van der Waals surface area contributed by atoms with E-state index in [1.807, 2.05) is 12.1 Å². The normalized spacial score (nSPS) is 10.2. The van der Waals surface area contributed by atoms with Gasteiger partial charge in [-0.3, -0.25) is 4.79 Å². The molecule has 0 bridgehead atoms. The maximum atomic E-state index is 11.7. The lowest BCUT2D eigenvalue weighted by Gasteiger charge is -2.03. The summed E-state index contributed by atoms with van der Waals surface area (Å²) in [5.41, 5.74) is 0.605. The Morgan fingerprint density at radius 3 is 2.65 bits per heavy atom. The van der Waals surface area contributed by atoms with Gasteiger partial charge < -0.3 is 9.73 Å². The summed E-state index contributed by atoms with van der Waals surface area (Å²) >= 11 is 5.74. The lowest BCUT2D eigenvalue weighted by molar-refractivity contribution is 0.0953. The Hall–Kier alpha value is -1.74. The molecule has 0 saturated heterocycles. The van der Waals surface area contributed by atoms with Crippen LogP contribution in [0.5, 0.6) is 0 Å². The summed E-state index contributed by atoms with van der Waals surface area (Å²) < 4.78 is 5.17. The molecule has 0 unspecified atom stereocenters. The molecular formula is C13H12ClNO2. The molecule has 0 saturated carbocycles. The van der Waals surface area contributed by atoms with E-state index in [0.29, 0.717) is 23.6 Å². The van der Waals surface area contributed by atoms with E-state index in [0.717, 1.165) is 5.76 Å². The monoisotopic (exact) mass is 249 g/mol. The molecule has 1 amide bonds. The second-order valence-corrected chi connectivity index (χ2v) is 4.03. The van der Waals surface area contributed by atoms with Crippen LogP contribution in [0.25, 0.3) is 0 Å². The van der Waals surface area contributed by atoms with Crippen LogP contribution in [0.3, 0.4) is 0 Å². The Balaban J connectivity index is 1.83. The van der Waals surface area contributed by atoms with Crippen LogP contribution in [0.4, 0.5) is 0 Å². The third-order valence-corrected chi connectivity index (χ3v) is 2.60. The number of halogens is 1. The Morgan fingerprint density at radius 2 is 2.00 bits per heavy atom.